The summed E-state index contributed by atoms with van der Waals surface area (Å²) in [5.41, 5.74) is 0.896. The van der Waals surface area contributed by atoms with Crippen molar-refractivity contribution < 1.29 is 19.0 Å². The van der Waals surface area contributed by atoms with Crippen molar-refractivity contribution in [2.75, 3.05) is 31.5 Å². The van der Waals surface area contributed by atoms with Gasteiger partial charge in [-0.25, -0.2) is 4.79 Å². The Morgan fingerprint density at radius 1 is 1.26 bits per heavy atom. The first-order valence-corrected chi connectivity index (χ1v) is 7.68. The number of amides is 1. The largest absolute Gasteiger partial charge is 0.495 e. The highest BCUT2D eigenvalue weighted by atomic mass is 16.6. The van der Waals surface area contributed by atoms with Gasteiger partial charge in [-0.1, -0.05) is 0 Å². The highest BCUT2D eigenvalue weighted by Gasteiger charge is 2.18. The number of methoxy groups -OCH3 is 2. The van der Waals surface area contributed by atoms with Crippen LogP contribution in [-0.4, -0.2) is 38.6 Å². The molecule has 1 amide bonds. The molecule has 2 N–H and O–H groups in total. The number of hydrogen-bond donors (Lipinski definition) is 2. The lowest BCUT2D eigenvalue weighted by atomic mass is 10.2. The average Bonchev–Trinajstić information content (AvgIpc) is 2.43. The zero-order chi connectivity index (χ0) is 17.5. The zero-order valence-electron chi connectivity index (χ0n) is 14.9. The summed E-state index contributed by atoms with van der Waals surface area (Å²) in [6.45, 7) is 8.22. The second-order valence-corrected chi connectivity index (χ2v) is 6.37. The topological polar surface area (TPSA) is 68.8 Å². The number of ether oxygens (including phenoxy) is 3. The van der Waals surface area contributed by atoms with Crippen molar-refractivity contribution in [1.82, 2.24) is 0 Å². The van der Waals surface area contributed by atoms with E-state index >= 15 is 0 Å². The molecule has 0 radical (unpaired) electrons. The lowest BCUT2D eigenvalue weighted by molar-refractivity contribution is 0.0635. The first-order valence-electron chi connectivity index (χ1n) is 7.68. The SMILES string of the molecule is COCCC(C)Nc1ccc(OC)c(NC(=O)OC(C)(C)C)c1. The predicted molar refractivity (Wildman–Crippen MR) is 92.4 cm³/mol. The number of carbonyl (C=O) groups is 1. The van der Waals surface area contributed by atoms with Crippen LogP contribution in [-0.2, 0) is 9.47 Å². The maximum absolute atomic E-state index is 11.9. The third-order valence-corrected chi connectivity index (χ3v) is 3.00. The fraction of sp³-hybridized carbons (Fsp3) is 0.588. The molecule has 0 aromatic heterocycles. The van der Waals surface area contributed by atoms with E-state index in [-0.39, 0.29) is 6.04 Å². The smallest absolute Gasteiger partial charge is 0.412 e. The molecule has 0 aliphatic carbocycles. The summed E-state index contributed by atoms with van der Waals surface area (Å²) >= 11 is 0. The minimum Gasteiger partial charge on any atom is -0.495 e. The van der Waals surface area contributed by atoms with Crippen LogP contribution < -0.4 is 15.4 Å². The average molecular weight is 324 g/mol. The summed E-state index contributed by atoms with van der Waals surface area (Å²) in [6.07, 6.45) is 0.373. The summed E-state index contributed by atoms with van der Waals surface area (Å²) in [6, 6.07) is 5.78. The highest BCUT2D eigenvalue weighted by Crippen LogP contribution is 2.28. The van der Waals surface area contributed by atoms with Crippen LogP contribution in [0.15, 0.2) is 18.2 Å². The molecule has 6 nitrogen and oxygen atoms in total. The van der Waals surface area contributed by atoms with Crippen molar-refractivity contribution in [2.45, 2.75) is 45.8 Å². The van der Waals surface area contributed by atoms with Gasteiger partial charge in [0.2, 0.25) is 0 Å². The van der Waals surface area contributed by atoms with E-state index < -0.39 is 11.7 Å². The van der Waals surface area contributed by atoms with E-state index in [0.717, 1.165) is 12.1 Å². The molecule has 0 aliphatic rings. The van der Waals surface area contributed by atoms with Gasteiger partial charge in [-0.2, -0.15) is 0 Å². The van der Waals surface area contributed by atoms with E-state index in [9.17, 15) is 4.79 Å². The Bertz CT molecular complexity index is 512. The molecule has 0 spiro atoms. The van der Waals surface area contributed by atoms with Gasteiger partial charge in [0.1, 0.15) is 11.4 Å². The minimum atomic E-state index is -0.554. The Balaban J connectivity index is 2.80. The Morgan fingerprint density at radius 3 is 2.52 bits per heavy atom. The fourth-order valence-electron chi connectivity index (χ4n) is 1.96. The predicted octanol–water partition coefficient (Wildman–Crippen LogP) is 3.88. The van der Waals surface area contributed by atoms with Crippen LogP contribution in [0.2, 0.25) is 0 Å². The Kier molecular flexibility index (Phi) is 7.16. The van der Waals surface area contributed by atoms with E-state index in [4.69, 9.17) is 14.2 Å². The number of hydrogen-bond acceptors (Lipinski definition) is 5. The van der Waals surface area contributed by atoms with Gasteiger partial charge in [0.25, 0.3) is 0 Å². The third-order valence-electron chi connectivity index (χ3n) is 3.00. The van der Waals surface area contributed by atoms with Gasteiger partial charge in [-0.05, 0) is 52.3 Å². The first kappa shape index (κ1) is 19.1. The van der Waals surface area contributed by atoms with E-state index in [0.29, 0.717) is 18.0 Å². The quantitative estimate of drug-likeness (QED) is 0.796. The van der Waals surface area contributed by atoms with Gasteiger partial charge in [0.15, 0.2) is 0 Å². The molecular weight excluding hydrogens is 296 g/mol. The number of anilines is 2. The van der Waals surface area contributed by atoms with Crippen molar-refractivity contribution in [3.8, 4) is 5.75 Å². The molecule has 0 aliphatic heterocycles. The summed E-state index contributed by atoms with van der Waals surface area (Å²) in [7, 11) is 3.24. The molecule has 0 saturated heterocycles. The second-order valence-electron chi connectivity index (χ2n) is 6.37. The molecule has 6 heteroatoms. The van der Waals surface area contributed by atoms with Crippen LogP contribution in [0.25, 0.3) is 0 Å². The molecule has 1 unspecified atom stereocenters. The van der Waals surface area contributed by atoms with Crippen molar-refractivity contribution in [3.63, 3.8) is 0 Å². The van der Waals surface area contributed by atoms with Crippen LogP contribution in [0.3, 0.4) is 0 Å². The molecule has 1 aromatic carbocycles. The monoisotopic (exact) mass is 324 g/mol. The van der Waals surface area contributed by atoms with Crippen molar-refractivity contribution in [1.29, 1.82) is 0 Å². The van der Waals surface area contributed by atoms with E-state index in [1.54, 1.807) is 20.3 Å². The summed E-state index contributed by atoms with van der Waals surface area (Å²) < 4.78 is 15.6. The Labute approximate surface area is 138 Å². The van der Waals surface area contributed by atoms with Crippen LogP contribution in [0.1, 0.15) is 34.1 Å². The summed E-state index contributed by atoms with van der Waals surface area (Å²) in [5.74, 6) is 0.575. The fourth-order valence-corrected chi connectivity index (χ4v) is 1.96. The minimum absolute atomic E-state index is 0.248. The number of nitrogens with one attached hydrogen (secondary N) is 2. The summed E-state index contributed by atoms with van der Waals surface area (Å²) in [4.78, 5) is 11.9. The molecular formula is C17H28N2O4. The highest BCUT2D eigenvalue weighted by molar-refractivity contribution is 5.88. The third kappa shape index (κ3) is 7.23. The second kappa shape index (κ2) is 8.62. The molecule has 0 saturated carbocycles. The van der Waals surface area contributed by atoms with Gasteiger partial charge in [0.05, 0.1) is 12.8 Å². The molecule has 1 atom stereocenters. The van der Waals surface area contributed by atoms with Gasteiger partial charge >= 0.3 is 6.09 Å². The van der Waals surface area contributed by atoms with Crippen LogP contribution in [0.4, 0.5) is 16.2 Å². The summed E-state index contributed by atoms with van der Waals surface area (Å²) in [5, 5.41) is 6.09. The van der Waals surface area contributed by atoms with Gasteiger partial charge < -0.3 is 19.5 Å². The maximum atomic E-state index is 11.9. The van der Waals surface area contributed by atoms with Crippen LogP contribution >= 0.6 is 0 Å². The Morgan fingerprint density at radius 2 is 1.96 bits per heavy atom. The molecule has 0 fully saturated rings. The van der Waals surface area contributed by atoms with Crippen molar-refractivity contribution >= 4 is 17.5 Å². The molecule has 1 rings (SSSR count). The molecule has 1 aromatic rings. The van der Waals surface area contributed by atoms with E-state index in [1.165, 1.54) is 0 Å². The van der Waals surface area contributed by atoms with Crippen LogP contribution in [0.5, 0.6) is 5.75 Å². The first-order chi connectivity index (χ1) is 10.7. The zero-order valence-corrected chi connectivity index (χ0v) is 14.9. The van der Waals surface area contributed by atoms with Crippen molar-refractivity contribution in [2.24, 2.45) is 0 Å². The molecule has 0 bridgehead atoms. The normalized spacial score (nSPS) is 12.4. The van der Waals surface area contributed by atoms with Gasteiger partial charge in [0, 0.05) is 25.4 Å². The van der Waals surface area contributed by atoms with Gasteiger partial charge in [-0.3, -0.25) is 5.32 Å². The number of rotatable bonds is 7. The lowest BCUT2D eigenvalue weighted by Gasteiger charge is -2.21. The van der Waals surface area contributed by atoms with E-state index in [1.807, 2.05) is 32.9 Å². The Hall–Kier alpha value is -1.95. The van der Waals surface area contributed by atoms with Gasteiger partial charge in [-0.15, -0.1) is 0 Å². The number of carbonyl (C=O) groups excluding carboxylic acids is 1. The van der Waals surface area contributed by atoms with Crippen LogP contribution in [0, 0.1) is 0 Å². The van der Waals surface area contributed by atoms with Crippen molar-refractivity contribution in [3.05, 3.63) is 18.2 Å². The molecule has 0 heterocycles. The lowest BCUT2D eigenvalue weighted by Crippen LogP contribution is -2.27. The molecule has 23 heavy (non-hydrogen) atoms. The standard InChI is InChI=1S/C17H28N2O4/c1-12(9-10-21-5)18-13-7-8-15(22-6)14(11-13)19-16(20)23-17(2,3)4/h7-8,11-12,18H,9-10H2,1-6H3,(H,19,20). The molecule has 130 valence electrons. The van der Waals surface area contributed by atoms with E-state index in [2.05, 4.69) is 17.6 Å². The number of benzene rings is 1. The maximum Gasteiger partial charge on any atom is 0.412 e.